The molecule has 4 fully saturated rings. The molecule has 0 unspecified atom stereocenters. The van der Waals surface area contributed by atoms with E-state index in [1.165, 1.54) is 36.5 Å². The Hall–Kier alpha value is -10.3. The quantitative estimate of drug-likeness (QED) is 0.0304. The van der Waals surface area contributed by atoms with Crippen molar-refractivity contribution in [2.24, 2.45) is 5.73 Å². The maximum absolute atomic E-state index is 15.5. The largest absolute Gasteiger partial charge is 0.497 e. The number of nitrogens with two attached hydrogens (primary N) is 4. The van der Waals surface area contributed by atoms with E-state index < -0.39 is 39.9 Å². The molecule has 0 spiro atoms. The fourth-order valence-corrected chi connectivity index (χ4v) is 13.7. The molecular weight excluding hydrogens is 1610 g/mol. The summed E-state index contributed by atoms with van der Waals surface area (Å²) in [6, 6.07) is 26.0. The van der Waals surface area contributed by atoms with Crippen LogP contribution < -0.4 is 43.2 Å². The summed E-state index contributed by atoms with van der Waals surface area (Å²) in [5.74, 6) is -1.16. The molecule has 6 amide bonds. The van der Waals surface area contributed by atoms with Crippen molar-refractivity contribution in [3.8, 4) is 5.75 Å². The normalized spacial score (nSPS) is 17.6. The van der Waals surface area contributed by atoms with Crippen LogP contribution in [-0.4, -0.2) is 185 Å². The van der Waals surface area contributed by atoms with Crippen molar-refractivity contribution in [2.45, 2.75) is 214 Å². The number of nitrogen functional groups attached to an aromatic ring is 3. The Morgan fingerprint density at radius 1 is 0.550 bits per heavy atom. The van der Waals surface area contributed by atoms with Gasteiger partial charge in [0.15, 0.2) is 11.5 Å². The summed E-state index contributed by atoms with van der Waals surface area (Å²) in [5.41, 5.74) is 24.8. The van der Waals surface area contributed by atoms with E-state index in [2.05, 4.69) is 36.5 Å². The first-order valence-corrected chi connectivity index (χ1v) is 41.2. The average molecular weight is 1730 g/mol. The van der Waals surface area contributed by atoms with Crippen LogP contribution in [-0.2, 0) is 28.3 Å². The molecule has 0 saturated carbocycles. The number of methoxy groups -OCH3 is 1. The number of piperidine rings is 3. The number of aromatic nitrogens is 2. The number of carbonyl (C=O) groups is 6. The van der Waals surface area contributed by atoms with Gasteiger partial charge in [-0.05, 0) is 281 Å². The monoisotopic (exact) mass is 1730 g/mol. The van der Waals surface area contributed by atoms with Gasteiger partial charge in [-0.3, -0.25) is 9.59 Å². The maximum Gasteiger partial charge on any atom is 0.490 e. The Balaban J connectivity index is 0.000000206. The highest BCUT2D eigenvalue weighted by Gasteiger charge is 2.52. The lowest BCUT2D eigenvalue weighted by Gasteiger charge is -2.34. The third-order valence-electron chi connectivity index (χ3n) is 20.6. The standard InChI is InChI=1S/C34H42FN7O5.C16H28BNO4.C16H23FN2O2.C16H21FN2O2.C6H5BrFN/c1-34(2,3)47-33(45)41-16-13-21(14-17-41)23-9-12-27(26(35)18-23)39-31-29(30(36)43)37-19-28(40-31)42-15-5-6-24(20-42)38-32(44)22-7-10-25(46-4)11-8-22;1-14(2,3)20-13(19)18-10-8-12(9-11-18)17-21-15(4,5)16(6,7)22-17;2*1-16(2,3)21-15(20)19-8-6-11(7-9-19)12-4-5-14(18)13(17)10-12;7-4-1-2-6(9)5(8)3-4/h7-12,18-19,21,24H,5-6,13-17,20H2,1-4H3,(H2,36,43)(H,38,44)(H,39,40);8H,9-11H2,1-7H3;4-5,10-11H,6-9,18H2,1-3H3;4-6,10H,7-9,18H2,1-3H3;1-3H,9H2/t24-;;;;/m1..../s1. The number of ether oxygens (including phenoxy) is 5. The zero-order chi connectivity index (χ0) is 88.6. The van der Waals surface area contributed by atoms with Gasteiger partial charge in [-0.1, -0.05) is 46.3 Å². The Morgan fingerprint density at radius 2 is 1.01 bits per heavy atom. The number of hydrogen-bond donors (Lipinski definition) is 6. The summed E-state index contributed by atoms with van der Waals surface area (Å²) >= 11 is 3.10. The lowest BCUT2D eigenvalue weighted by molar-refractivity contribution is 0.00578. The highest BCUT2D eigenvalue weighted by atomic mass is 79.9. The third kappa shape index (κ3) is 28.4. The molecule has 4 saturated heterocycles. The van der Waals surface area contributed by atoms with Gasteiger partial charge in [-0.25, -0.2) is 46.7 Å². The zero-order valence-electron chi connectivity index (χ0n) is 72.1. The number of anilines is 6. The van der Waals surface area contributed by atoms with Gasteiger partial charge in [0.1, 0.15) is 57.2 Å². The molecule has 32 heteroatoms. The number of halogens is 5. The first-order chi connectivity index (χ1) is 56.0. The van der Waals surface area contributed by atoms with E-state index >= 15 is 4.39 Å². The predicted octanol–water partition coefficient (Wildman–Crippen LogP) is 17.3. The van der Waals surface area contributed by atoms with Crippen LogP contribution in [0.2, 0.25) is 0 Å². The van der Waals surface area contributed by atoms with Crippen LogP contribution in [0.5, 0.6) is 5.75 Å². The minimum absolute atomic E-state index is 0.0386. The Labute approximate surface area is 711 Å². The van der Waals surface area contributed by atoms with Crippen molar-refractivity contribution in [1.29, 1.82) is 0 Å². The van der Waals surface area contributed by atoms with Crippen molar-refractivity contribution in [2.75, 3.05) is 100.0 Å². The molecule has 10 N–H and O–H groups in total. The Morgan fingerprint density at radius 3 is 1.44 bits per heavy atom. The first kappa shape index (κ1) is 95.1. The summed E-state index contributed by atoms with van der Waals surface area (Å²) in [7, 11) is 1.26. The second-order valence-electron chi connectivity index (χ2n) is 35.3. The van der Waals surface area contributed by atoms with Gasteiger partial charge < -0.3 is 91.1 Å². The third-order valence-corrected chi connectivity index (χ3v) is 21.1. The highest BCUT2D eigenvalue weighted by molar-refractivity contribution is 9.10. The van der Waals surface area contributed by atoms with Crippen LogP contribution >= 0.6 is 15.9 Å². The molecule has 6 aliphatic rings. The van der Waals surface area contributed by atoms with E-state index in [1.807, 2.05) is 140 Å². The van der Waals surface area contributed by atoms with Gasteiger partial charge in [0.25, 0.3) is 11.8 Å². The summed E-state index contributed by atoms with van der Waals surface area (Å²) in [6.45, 7) is 36.0. The molecule has 12 rings (SSSR count). The highest BCUT2D eigenvalue weighted by Crippen LogP contribution is 2.41. The van der Waals surface area contributed by atoms with Gasteiger partial charge >= 0.3 is 31.5 Å². The molecule has 0 bridgehead atoms. The second-order valence-corrected chi connectivity index (χ2v) is 36.2. The van der Waals surface area contributed by atoms with Gasteiger partial charge in [0, 0.05) is 81.5 Å². The fraction of sp³-hybridized carbons (Fsp3) is 0.500. The number of nitrogens with one attached hydrogen (secondary N) is 2. The van der Waals surface area contributed by atoms with Crippen LogP contribution in [0.4, 0.5) is 71.1 Å². The molecule has 6 aromatic rings. The molecule has 120 heavy (non-hydrogen) atoms. The SMILES string of the molecule is CC(C)(C)OC(=O)N1CC=C(B2OC(C)(C)C(C)(C)O2)CC1.CC(C)(C)OC(=O)N1CC=C(c2ccc(N)c(F)c2)CC1.CC(C)(C)OC(=O)N1CCC(c2ccc(N)c(F)c2)CC1.COc1ccc(C(=O)N[C@@H]2CCCN(c3cnc(C(N)=O)c(Nc4ccc(C5CCN(C(=O)OC(C)(C)C)CC5)cc4F)n3)C2)cc1.Nc1ccc(Br)cc1F. The van der Waals surface area contributed by atoms with Gasteiger partial charge in [-0.2, -0.15) is 0 Å². The summed E-state index contributed by atoms with van der Waals surface area (Å²) < 4.78 is 94.4. The number of carbonyl (C=O) groups excluding carboxylic acids is 6. The number of likely N-dealkylation sites (tertiary alicyclic amines) is 2. The van der Waals surface area contributed by atoms with Crippen LogP contribution in [0, 0.1) is 23.3 Å². The van der Waals surface area contributed by atoms with Crippen molar-refractivity contribution in [3.05, 3.63) is 177 Å². The van der Waals surface area contributed by atoms with Crippen LogP contribution in [0.25, 0.3) is 5.57 Å². The minimum Gasteiger partial charge on any atom is -0.497 e. The molecule has 0 aliphatic carbocycles. The first-order valence-electron chi connectivity index (χ1n) is 40.4. The van der Waals surface area contributed by atoms with Crippen LogP contribution in [0.15, 0.2) is 125 Å². The number of rotatable bonds is 11. The van der Waals surface area contributed by atoms with E-state index in [0.29, 0.717) is 106 Å². The van der Waals surface area contributed by atoms with Crippen LogP contribution in [0.3, 0.4) is 0 Å². The molecule has 6 aliphatic heterocycles. The lowest BCUT2D eigenvalue weighted by atomic mass is 9.75. The number of benzene rings is 5. The average Bonchev–Trinajstić information content (AvgIpc) is 1.63. The van der Waals surface area contributed by atoms with E-state index in [0.717, 1.165) is 59.8 Å². The maximum atomic E-state index is 15.5. The Kier molecular flexibility index (Phi) is 32.4. The van der Waals surface area contributed by atoms with Gasteiger partial charge in [0.05, 0.1) is 47.3 Å². The second kappa shape index (κ2) is 40.8. The number of primary amides is 1. The minimum atomic E-state index is -0.802. The zero-order valence-corrected chi connectivity index (χ0v) is 73.7. The number of nitrogens with zero attached hydrogens (tertiary/aromatic N) is 7. The molecular formula is C88H119BBrF4N13O13. The number of hydrogen-bond acceptors (Lipinski definition) is 20. The summed E-state index contributed by atoms with van der Waals surface area (Å²) in [5, 5.41) is 6.00. The van der Waals surface area contributed by atoms with Crippen LogP contribution in [0.1, 0.15) is 212 Å². The molecule has 7 heterocycles. The number of amides is 6. The topological polar surface area (TPSA) is 337 Å². The molecule has 1 aromatic heterocycles. The Bertz CT molecular complexity index is 4620. The molecule has 5 aromatic carbocycles. The van der Waals surface area contributed by atoms with Gasteiger partial charge in [-0.15, -0.1) is 0 Å². The van der Waals surface area contributed by atoms with Crippen molar-refractivity contribution in [1.82, 2.24) is 34.9 Å². The molecule has 26 nitrogen and oxygen atoms in total. The smallest absolute Gasteiger partial charge is 0.490 e. The fourth-order valence-electron chi connectivity index (χ4n) is 13.4. The van der Waals surface area contributed by atoms with E-state index in [1.54, 1.807) is 81.3 Å². The van der Waals surface area contributed by atoms with Crippen molar-refractivity contribution >= 4 is 99.2 Å². The van der Waals surface area contributed by atoms with Crippen molar-refractivity contribution < 1.29 is 79.3 Å². The molecule has 0 radical (unpaired) electrons. The molecule has 1 atom stereocenters. The summed E-state index contributed by atoms with van der Waals surface area (Å²) in [6.07, 6.45) is 10.2. The van der Waals surface area contributed by atoms with E-state index in [4.69, 9.17) is 55.9 Å². The lowest BCUT2D eigenvalue weighted by Crippen LogP contribution is -2.48. The van der Waals surface area contributed by atoms with Gasteiger partial charge in [0.2, 0.25) is 0 Å². The van der Waals surface area contributed by atoms with E-state index in [9.17, 15) is 41.9 Å². The molecule has 652 valence electrons. The van der Waals surface area contributed by atoms with E-state index in [-0.39, 0.29) is 112 Å². The van der Waals surface area contributed by atoms with Crippen molar-refractivity contribution in [3.63, 3.8) is 0 Å². The summed E-state index contributed by atoms with van der Waals surface area (Å²) in [4.78, 5) is 91.1. The predicted molar refractivity (Wildman–Crippen MR) is 463 cm³/mol.